The summed E-state index contributed by atoms with van der Waals surface area (Å²) in [6, 6.07) is 5.74. The smallest absolute Gasteiger partial charge is 0.278 e. The molecule has 156 valence electrons. The van der Waals surface area contributed by atoms with Gasteiger partial charge in [0.25, 0.3) is 11.8 Å². The lowest BCUT2D eigenvalue weighted by Crippen LogP contribution is -2.27. The number of rotatable bonds is 8. The molecule has 0 bridgehead atoms. The molecule has 9 heteroatoms. The zero-order chi connectivity index (χ0) is 21.6. The number of hydrogen-bond acceptors (Lipinski definition) is 5. The third-order valence-electron chi connectivity index (χ3n) is 3.88. The molecule has 1 atom stereocenters. The molecule has 0 aliphatic heterocycles. The number of carbonyl (C=O) groups is 2. The van der Waals surface area contributed by atoms with Crippen molar-refractivity contribution in [2.24, 2.45) is 5.92 Å². The van der Waals surface area contributed by atoms with Gasteiger partial charge in [-0.05, 0) is 24.6 Å². The first kappa shape index (κ1) is 22.2. The predicted octanol–water partition coefficient (Wildman–Crippen LogP) is 3.60. The molecule has 1 unspecified atom stereocenters. The Morgan fingerprint density at radius 2 is 1.90 bits per heavy atom. The van der Waals surface area contributed by atoms with Crippen molar-refractivity contribution < 1.29 is 23.1 Å². The number of nitrogens with zero attached hydrogens (tertiary/aromatic N) is 2. The molecular weight excluding hydrogens is 382 g/mol. The molecule has 2 amide bonds. The van der Waals surface area contributed by atoms with Crippen molar-refractivity contribution in [2.75, 3.05) is 11.9 Å². The molecule has 0 radical (unpaired) electrons. The summed E-state index contributed by atoms with van der Waals surface area (Å²) in [5.41, 5.74) is 1.01. The summed E-state index contributed by atoms with van der Waals surface area (Å²) in [7, 11) is 0. The van der Waals surface area contributed by atoms with Crippen molar-refractivity contribution >= 4 is 17.6 Å². The number of carbonyl (C=O) groups excluding carboxylic acids is 2. The molecule has 0 saturated heterocycles. The van der Waals surface area contributed by atoms with Gasteiger partial charge in [0.1, 0.15) is 5.82 Å². The maximum Gasteiger partial charge on any atom is 0.278 e. The monoisotopic (exact) mass is 406 g/mol. The number of anilines is 1. The van der Waals surface area contributed by atoms with Crippen molar-refractivity contribution in [1.29, 1.82) is 0 Å². The van der Waals surface area contributed by atoms with Crippen LogP contribution in [0.5, 0.6) is 5.88 Å². The molecule has 2 rings (SSSR count). The van der Waals surface area contributed by atoms with Crippen LogP contribution < -0.4 is 15.4 Å². The summed E-state index contributed by atoms with van der Waals surface area (Å²) in [4.78, 5) is 32.3. The largest absolute Gasteiger partial charge is 0.471 e. The van der Waals surface area contributed by atoms with E-state index in [1.807, 2.05) is 0 Å². The van der Waals surface area contributed by atoms with Gasteiger partial charge in [0.05, 0.1) is 6.04 Å². The van der Waals surface area contributed by atoms with Gasteiger partial charge in [0.2, 0.25) is 11.8 Å². The average molecular weight is 406 g/mol. The number of ether oxygens (including phenoxy) is 1. The van der Waals surface area contributed by atoms with Gasteiger partial charge in [-0.3, -0.25) is 9.59 Å². The van der Waals surface area contributed by atoms with Gasteiger partial charge in [0.15, 0.2) is 6.61 Å². The molecule has 0 aromatic carbocycles. The number of amides is 2. The highest BCUT2D eigenvalue weighted by Crippen LogP contribution is 2.18. The second kappa shape index (κ2) is 9.40. The van der Waals surface area contributed by atoms with Crippen LogP contribution in [0, 0.1) is 5.92 Å². The van der Waals surface area contributed by atoms with Crippen molar-refractivity contribution in [3.63, 3.8) is 0 Å². The number of hydrogen-bond donors (Lipinski definition) is 2. The van der Waals surface area contributed by atoms with Crippen molar-refractivity contribution in [3.05, 3.63) is 47.8 Å². The first-order chi connectivity index (χ1) is 13.5. The number of nitrogens with one attached hydrogen (secondary N) is 2. The van der Waals surface area contributed by atoms with Crippen LogP contribution in [0.25, 0.3) is 0 Å². The first-order valence-corrected chi connectivity index (χ1v) is 9.09. The van der Waals surface area contributed by atoms with Crippen molar-refractivity contribution in [2.45, 2.75) is 39.7 Å². The van der Waals surface area contributed by atoms with E-state index < -0.39 is 18.6 Å². The normalized spacial score (nSPS) is 12.4. The molecule has 0 saturated carbocycles. The molecule has 0 fully saturated rings. The van der Waals surface area contributed by atoms with E-state index in [0.717, 1.165) is 6.92 Å². The van der Waals surface area contributed by atoms with Gasteiger partial charge in [-0.15, -0.1) is 0 Å². The zero-order valence-electron chi connectivity index (χ0n) is 16.7. The van der Waals surface area contributed by atoms with E-state index in [1.165, 1.54) is 30.6 Å². The van der Waals surface area contributed by atoms with Crippen LogP contribution >= 0.6 is 0 Å². The van der Waals surface area contributed by atoms with Gasteiger partial charge in [-0.2, -0.15) is 0 Å². The summed E-state index contributed by atoms with van der Waals surface area (Å²) < 4.78 is 30.6. The summed E-state index contributed by atoms with van der Waals surface area (Å²) in [5.74, 6) is -3.34. The Labute approximate surface area is 167 Å². The zero-order valence-corrected chi connectivity index (χ0v) is 16.7. The molecule has 0 spiro atoms. The highest BCUT2D eigenvalue weighted by atomic mass is 19.3. The standard InChI is InChI=1S/C20H24F2N4O3/c1-12(2)18(27)26-16-9-14(7-8-23-16)19(28)25-13(3)15-5-6-17(24-10-15)29-11-20(4,21)22/h5-10,12-13H,11H2,1-4H3,(H,25,28)(H,23,26,27). The molecule has 2 aromatic heterocycles. The molecule has 29 heavy (non-hydrogen) atoms. The van der Waals surface area contributed by atoms with Gasteiger partial charge >= 0.3 is 0 Å². The lowest BCUT2D eigenvalue weighted by atomic mass is 10.1. The van der Waals surface area contributed by atoms with E-state index in [9.17, 15) is 18.4 Å². The van der Waals surface area contributed by atoms with E-state index in [4.69, 9.17) is 4.74 Å². The number of alkyl halides is 2. The second-order valence-corrected chi connectivity index (χ2v) is 7.06. The number of halogens is 2. The van der Waals surface area contributed by atoms with Crippen LogP contribution in [0.15, 0.2) is 36.7 Å². The Hall–Kier alpha value is -3.10. The quantitative estimate of drug-likeness (QED) is 0.699. The van der Waals surface area contributed by atoms with Crippen LogP contribution in [0.3, 0.4) is 0 Å². The van der Waals surface area contributed by atoms with Crippen LogP contribution in [-0.2, 0) is 4.79 Å². The van der Waals surface area contributed by atoms with E-state index >= 15 is 0 Å². The van der Waals surface area contributed by atoms with Gasteiger partial charge in [0, 0.05) is 36.9 Å². The number of aromatic nitrogens is 2. The molecule has 0 aliphatic carbocycles. The van der Waals surface area contributed by atoms with Crippen LogP contribution in [0.1, 0.15) is 49.7 Å². The van der Waals surface area contributed by atoms with E-state index in [-0.39, 0.29) is 23.6 Å². The number of pyridine rings is 2. The molecule has 2 N–H and O–H groups in total. The highest BCUT2D eigenvalue weighted by molar-refractivity contribution is 5.97. The Kier molecular flexibility index (Phi) is 7.19. The first-order valence-electron chi connectivity index (χ1n) is 9.09. The summed E-state index contributed by atoms with van der Waals surface area (Å²) >= 11 is 0. The third kappa shape index (κ3) is 7.10. The van der Waals surface area contributed by atoms with Crippen molar-refractivity contribution in [3.8, 4) is 5.88 Å². The molecule has 2 heterocycles. The Balaban J connectivity index is 1.99. The Morgan fingerprint density at radius 3 is 2.48 bits per heavy atom. The average Bonchev–Trinajstić information content (AvgIpc) is 2.66. The minimum absolute atomic E-state index is 0.0773. The van der Waals surface area contributed by atoms with Crippen LogP contribution in [0.4, 0.5) is 14.6 Å². The fourth-order valence-corrected chi connectivity index (χ4v) is 2.21. The Bertz CT molecular complexity index is 852. The summed E-state index contributed by atoms with van der Waals surface area (Å²) in [6.45, 7) is 5.27. The minimum Gasteiger partial charge on any atom is -0.471 e. The van der Waals surface area contributed by atoms with Gasteiger partial charge < -0.3 is 15.4 Å². The Morgan fingerprint density at radius 1 is 1.17 bits per heavy atom. The minimum atomic E-state index is -2.94. The molecular formula is C20H24F2N4O3. The SMILES string of the molecule is CC(C)C(=O)Nc1cc(C(=O)NC(C)c2ccc(OCC(C)(F)F)nc2)ccn1. The second-order valence-electron chi connectivity index (χ2n) is 7.06. The fraction of sp³-hybridized carbons (Fsp3) is 0.400. The summed E-state index contributed by atoms with van der Waals surface area (Å²) in [5, 5.41) is 5.45. The van der Waals surface area contributed by atoms with E-state index in [1.54, 1.807) is 26.8 Å². The molecule has 0 aliphatic rings. The van der Waals surface area contributed by atoms with Crippen molar-refractivity contribution in [1.82, 2.24) is 15.3 Å². The third-order valence-corrected chi connectivity index (χ3v) is 3.88. The summed E-state index contributed by atoms with van der Waals surface area (Å²) in [6.07, 6.45) is 2.89. The van der Waals surface area contributed by atoms with Gasteiger partial charge in [-0.1, -0.05) is 19.9 Å². The topological polar surface area (TPSA) is 93.2 Å². The predicted molar refractivity (Wildman–Crippen MR) is 104 cm³/mol. The lowest BCUT2D eigenvalue weighted by molar-refractivity contribution is -0.118. The highest BCUT2D eigenvalue weighted by Gasteiger charge is 2.22. The van der Waals surface area contributed by atoms with E-state index in [0.29, 0.717) is 16.9 Å². The van der Waals surface area contributed by atoms with Crippen LogP contribution in [0.2, 0.25) is 0 Å². The fourth-order valence-electron chi connectivity index (χ4n) is 2.21. The molecule has 2 aromatic rings. The van der Waals surface area contributed by atoms with E-state index in [2.05, 4.69) is 20.6 Å². The maximum absolute atomic E-state index is 12.8. The molecule has 7 nitrogen and oxygen atoms in total. The maximum atomic E-state index is 12.8. The lowest BCUT2D eigenvalue weighted by Gasteiger charge is -2.16. The van der Waals surface area contributed by atoms with Gasteiger partial charge in [-0.25, -0.2) is 18.7 Å². The van der Waals surface area contributed by atoms with Crippen LogP contribution in [-0.4, -0.2) is 34.3 Å².